The van der Waals surface area contributed by atoms with Crippen LogP contribution in [0.3, 0.4) is 0 Å². The van der Waals surface area contributed by atoms with Crippen molar-refractivity contribution in [2.45, 2.75) is 18.6 Å². The van der Waals surface area contributed by atoms with E-state index in [1.165, 1.54) is 6.07 Å². The van der Waals surface area contributed by atoms with Crippen molar-refractivity contribution in [2.24, 2.45) is 0 Å². The molecule has 0 aliphatic carbocycles. The molecule has 1 aliphatic heterocycles. The maximum atomic E-state index is 12.9. The van der Waals surface area contributed by atoms with Crippen LogP contribution >= 0.6 is 0 Å². The highest BCUT2D eigenvalue weighted by atomic mass is 19.4. The topological polar surface area (TPSA) is 63.2 Å². The van der Waals surface area contributed by atoms with E-state index in [-0.39, 0.29) is 12.4 Å². The van der Waals surface area contributed by atoms with Gasteiger partial charge < -0.3 is 15.4 Å². The molecule has 0 saturated heterocycles. The molecule has 1 aromatic heterocycles. The number of carbonyl (C=O) groups excluding carboxylic acids is 1. The zero-order chi connectivity index (χ0) is 19.7. The summed E-state index contributed by atoms with van der Waals surface area (Å²) < 4.78 is 44.1. The van der Waals surface area contributed by atoms with Gasteiger partial charge in [-0.2, -0.15) is 13.2 Å². The number of amides is 2. The highest BCUT2D eigenvalue weighted by Crippen LogP contribution is 2.38. The summed E-state index contributed by atoms with van der Waals surface area (Å²) in [5, 5.41) is 6.40. The lowest BCUT2D eigenvalue weighted by Crippen LogP contribution is -2.35. The van der Waals surface area contributed by atoms with Crippen LogP contribution in [0.2, 0.25) is 0 Å². The third kappa shape index (κ3) is 3.58. The quantitative estimate of drug-likeness (QED) is 0.658. The summed E-state index contributed by atoms with van der Waals surface area (Å²) >= 11 is 0. The molecule has 3 aromatic rings. The molecule has 28 heavy (non-hydrogen) atoms. The highest BCUT2D eigenvalue weighted by Gasteiger charge is 2.33. The Balaban J connectivity index is 1.53. The van der Waals surface area contributed by atoms with E-state index in [0.29, 0.717) is 17.7 Å². The number of pyridine rings is 1. The first-order chi connectivity index (χ1) is 13.4. The third-order valence-corrected chi connectivity index (χ3v) is 4.58. The average Bonchev–Trinajstić information content (AvgIpc) is 2.67. The molecule has 8 heteroatoms. The first-order valence-electron chi connectivity index (χ1n) is 8.67. The number of fused-ring (bicyclic) bond motifs is 2. The SMILES string of the molecule is O=C(Nc1cccc2ncccc12)NC1CCOc2cc(C(F)(F)F)ccc21. The number of anilines is 1. The Hall–Kier alpha value is -3.29. The van der Waals surface area contributed by atoms with Crippen molar-refractivity contribution in [3.05, 3.63) is 65.9 Å². The van der Waals surface area contributed by atoms with Crippen LogP contribution in [0, 0.1) is 0 Å². The first kappa shape index (κ1) is 18.1. The zero-order valence-electron chi connectivity index (χ0n) is 14.6. The maximum absolute atomic E-state index is 12.9. The van der Waals surface area contributed by atoms with Crippen LogP contribution in [-0.2, 0) is 6.18 Å². The lowest BCUT2D eigenvalue weighted by Gasteiger charge is -2.27. The second-order valence-electron chi connectivity index (χ2n) is 6.41. The summed E-state index contributed by atoms with van der Waals surface area (Å²) in [6, 6.07) is 11.4. The number of halogens is 3. The number of hydrogen-bond acceptors (Lipinski definition) is 3. The average molecular weight is 387 g/mol. The summed E-state index contributed by atoms with van der Waals surface area (Å²) in [5.74, 6) is 0.140. The van der Waals surface area contributed by atoms with Crippen LogP contribution in [0.15, 0.2) is 54.7 Å². The van der Waals surface area contributed by atoms with Crippen LogP contribution in [0.25, 0.3) is 10.9 Å². The lowest BCUT2D eigenvalue weighted by molar-refractivity contribution is -0.137. The van der Waals surface area contributed by atoms with Crippen molar-refractivity contribution in [1.29, 1.82) is 0 Å². The van der Waals surface area contributed by atoms with Gasteiger partial charge in [-0.3, -0.25) is 4.98 Å². The number of hydrogen-bond donors (Lipinski definition) is 2. The molecule has 144 valence electrons. The van der Waals surface area contributed by atoms with E-state index in [1.807, 2.05) is 12.1 Å². The number of urea groups is 1. The molecule has 2 N–H and O–H groups in total. The van der Waals surface area contributed by atoms with Gasteiger partial charge in [-0.25, -0.2) is 4.79 Å². The van der Waals surface area contributed by atoms with Crippen LogP contribution in [0.5, 0.6) is 5.75 Å². The number of alkyl halides is 3. The molecule has 0 saturated carbocycles. The Morgan fingerprint density at radius 2 is 2.00 bits per heavy atom. The molecule has 0 spiro atoms. The van der Waals surface area contributed by atoms with Gasteiger partial charge in [-0.05, 0) is 36.4 Å². The van der Waals surface area contributed by atoms with Crippen molar-refractivity contribution < 1.29 is 22.7 Å². The summed E-state index contributed by atoms with van der Waals surface area (Å²) in [5.41, 5.74) is 1.09. The van der Waals surface area contributed by atoms with Gasteiger partial charge >= 0.3 is 12.2 Å². The minimum Gasteiger partial charge on any atom is -0.493 e. The Kier molecular flexibility index (Phi) is 4.54. The van der Waals surface area contributed by atoms with Gasteiger partial charge in [0.25, 0.3) is 0 Å². The molecule has 2 amide bonds. The molecule has 0 fully saturated rings. The van der Waals surface area contributed by atoms with E-state index < -0.39 is 23.8 Å². The molecule has 1 unspecified atom stereocenters. The lowest BCUT2D eigenvalue weighted by atomic mass is 9.98. The molecule has 2 aromatic carbocycles. The van der Waals surface area contributed by atoms with Crippen LogP contribution in [0.4, 0.5) is 23.7 Å². The predicted octanol–water partition coefficient (Wildman–Crippen LogP) is 4.90. The molecular formula is C20H16F3N3O2. The fourth-order valence-corrected chi connectivity index (χ4v) is 3.24. The molecule has 2 heterocycles. The van der Waals surface area contributed by atoms with Crippen LogP contribution in [-0.4, -0.2) is 17.6 Å². The Labute approximate surface area is 158 Å². The molecule has 5 nitrogen and oxygen atoms in total. The number of rotatable bonds is 2. The van der Waals surface area contributed by atoms with Crippen molar-refractivity contribution in [3.63, 3.8) is 0 Å². The number of nitrogens with one attached hydrogen (secondary N) is 2. The molecule has 0 radical (unpaired) electrons. The maximum Gasteiger partial charge on any atom is 0.416 e. The third-order valence-electron chi connectivity index (χ3n) is 4.58. The monoisotopic (exact) mass is 387 g/mol. The van der Waals surface area contributed by atoms with Gasteiger partial charge in [0.15, 0.2) is 0 Å². The smallest absolute Gasteiger partial charge is 0.416 e. The van der Waals surface area contributed by atoms with E-state index in [0.717, 1.165) is 23.0 Å². The second-order valence-corrected chi connectivity index (χ2v) is 6.41. The standard InChI is InChI=1S/C20H16F3N3O2/c21-20(22,23)12-6-7-14-17(8-10-28-18(14)11-12)26-19(27)25-16-5-1-4-15-13(16)3-2-9-24-15/h1-7,9,11,17H,8,10H2,(H2,25,26,27). The minimum atomic E-state index is -4.45. The van der Waals surface area contributed by atoms with E-state index in [4.69, 9.17) is 4.74 Å². The van der Waals surface area contributed by atoms with E-state index in [9.17, 15) is 18.0 Å². The van der Waals surface area contributed by atoms with Crippen molar-refractivity contribution in [1.82, 2.24) is 10.3 Å². The Bertz CT molecular complexity index is 1030. The molecule has 1 aliphatic rings. The summed E-state index contributed by atoms with van der Waals surface area (Å²) in [6.07, 6.45) is -2.32. The normalized spacial score (nSPS) is 16.2. The minimum absolute atomic E-state index is 0.140. The van der Waals surface area contributed by atoms with Crippen LogP contribution < -0.4 is 15.4 Å². The van der Waals surface area contributed by atoms with Crippen molar-refractivity contribution in [2.75, 3.05) is 11.9 Å². The predicted molar refractivity (Wildman–Crippen MR) is 98.2 cm³/mol. The first-order valence-corrected chi connectivity index (χ1v) is 8.67. The fraction of sp³-hybridized carbons (Fsp3) is 0.200. The fourth-order valence-electron chi connectivity index (χ4n) is 3.24. The molecular weight excluding hydrogens is 371 g/mol. The summed E-state index contributed by atoms with van der Waals surface area (Å²) in [7, 11) is 0. The summed E-state index contributed by atoms with van der Waals surface area (Å²) in [4.78, 5) is 16.7. The van der Waals surface area contributed by atoms with Crippen molar-refractivity contribution in [3.8, 4) is 5.75 Å². The van der Waals surface area contributed by atoms with Gasteiger partial charge in [0.1, 0.15) is 5.75 Å². The number of nitrogens with zero attached hydrogens (tertiary/aromatic N) is 1. The van der Waals surface area contributed by atoms with Gasteiger partial charge in [-0.15, -0.1) is 0 Å². The molecule has 0 bridgehead atoms. The second kappa shape index (κ2) is 7.03. The van der Waals surface area contributed by atoms with Crippen molar-refractivity contribution >= 4 is 22.6 Å². The number of carbonyl (C=O) groups is 1. The van der Waals surface area contributed by atoms with E-state index in [1.54, 1.807) is 24.4 Å². The molecule has 4 rings (SSSR count). The zero-order valence-corrected chi connectivity index (χ0v) is 14.6. The van der Waals surface area contributed by atoms with E-state index >= 15 is 0 Å². The Morgan fingerprint density at radius 3 is 2.82 bits per heavy atom. The van der Waals surface area contributed by atoms with Gasteiger partial charge in [0.05, 0.1) is 29.4 Å². The molecule has 1 atom stereocenters. The largest absolute Gasteiger partial charge is 0.493 e. The number of aromatic nitrogens is 1. The van der Waals surface area contributed by atoms with E-state index in [2.05, 4.69) is 15.6 Å². The summed E-state index contributed by atoms with van der Waals surface area (Å²) in [6.45, 7) is 0.220. The van der Waals surface area contributed by atoms with Gasteiger partial charge in [0, 0.05) is 23.6 Å². The van der Waals surface area contributed by atoms with Crippen LogP contribution in [0.1, 0.15) is 23.6 Å². The highest BCUT2D eigenvalue weighted by molar-refractivity contribution is 6.00. The number of benzene rings is 2. The number of ether oxygens (including phenoxy) is 1. The van der Waals surface area contributed by atoms with Gasteiger partial charge in [-0.1, -0.05) is 12.1 Å². The Morgan fingerprint density at radius 1 is 1.14 bits per heavy atom. The van der Waals surface area contributed by atoms with Gasteiger partial charge in [0.2, 0.25) is 0 Å².